The Kier molecular flexibility index (Phi) is 6.06. The minimum atomic E-state index is -0.299. The molecule has 2 atom stereocenters. The first kappa shape index (κ1) is 18.1. The minimum absolute atomic E-state index is 0.299. The fraction of sp³-hybridized carbons (Fsp3) is 0.556. The highest BCUT2D eigenvalue weighted by Gasteiger charge is 2.23. The molecule has 1 aliphatic rings. The summed E-state index contributed by atoms with van der Waals surface area (Å²) in [5.74, 6) is 1.83. The molecule has 24 heavy (non-hydrogen) atoms. The van der Waals surface area contributed by atoms with Crippen molar-refractivity contribution in [2.24, 2.45) is 16.9 Å². The first-order valence-corrected chi connectivity index (χ1v) is 8.19. The molecule has 6 nitrogen and oxygen atoms in total. The number of methoxy groups -OCH3 is 3. The highest BCUT2D eigenvalue weighted by Crippen LogP contribution is 2.38. The van der Waals surface area contributed by atoms with Crippen LogP contribution >= 0.6 is 0 Å². The molecular formula is C18H26N2O4. The van der Waals surface area contributed by atoms with Gasteiger partial charge in [0.1, 0.15) is 0 Å². The van der Waals surface area contributed by atoms with Crippen LogP contribution in [0.4, 0.5) is 0 Å². The third-order valence-corrected chi connectivity index (χ3v) is 4.50. The molecule has 1 aromatic rings. The standard InChI is InChI=1S/C18H26N2O4/c1-11-7-6-8-12(2)16(11)19-20-18(21)13-9-14(22-3)17(24-5)15(10-13)23-4/h9-12H,6-8H2,1-5H3,(H,20,21)/t11-,12+. The van der Waals surface area contributed by atoms with E-state index in [9.17, 15) is 4.79 Å². The number of carbonyl (C=O) groups excluding carboxylic acids is 1. The average molecular weight is 334 g/mol. The maximum absolute atomic E-state index is 12.5. The predicted molar refractivity (Wildman–Crippen MR) is 93.2 cm³/mol. The first-order chi connectivity index (χ1) is 11.5. The molecule has 0 bridgehead atoms. The molecule has 1 N–H and O–H groups in total. The largest absolute Gasteiger partial charge is 0.493 e. The second kappa shape index (κ2) is 8.04. The van der Waals surface area contributed by atoms with E-state index in [1.54, 1.807) is 12.1 Å². The minimum Gasteiger partial charge on any atom is -0.493 e. The van der Waals surface area contributed by atoms with Gasteiger partial charge in [-0.2, -0.15) is 5.10 Å². The van der Waals surface area contributed by atoms with E-state index < -0.39 is 0 Å². The number of amides is 1. The van der Waals surface area contributed by atoms with Gasteiger partial charge in [-0.25, -0.2) is 5.43 Å². The predicted octanol–water partition coefficient (Wildman–Crippen LogP) is 3.25. The molecule has 1 amide bonds. The van der Waals surface area contributed by atoms with Crippen molar-refractivity contribution >= 4 is 11.6 Å². The van der Waals surface area contributed by atoms with Crippen LogP contribution in [-0.2, 0) is 0 Å². The van der Waals surface area contributed by atoms with Gasteiger partial charge in [-0.3, -0.25) is 4.79 Å². The Hall–Kier alpha value is -2.24. The van der Waals surface area contributed by atoms with Crippen molar-refractivity contribution in [2.45, 2.75) is 33.1 Å². The van der Waals surface area contributed by atoms with Gasteiger partial charge in [-0.15, -0.1) is 0 Å². The monoisotopic (exact) mass is 334 g/mol. The maximum atomic E-state index is 12.5. The molecule has 0 aliphatic heterocycles. The Bertz CT molecular complexity index is 590. The SMILES string of the molecule is COc1cc(C(=O)NN=C2[C@H](C)CCC[C@@H]2C)cc(OC)c1OC. The number of nitrogens with one attached hydrogen (secondary N) is 1. The Morgan fingerprint density at radius 1 is 1.04 bits per heavy atom. The number of rotatable bonds is 5. The number of ether oxygens (including phenoxy) is 3. The fourth-order valence-electron chi connectivity index (χ4n) is 3.12. The fourth-order valence-corrected chi connectivity index (χ4v) is 3.12. The Labute approximate surface area is 143 Å². The lowest BCUT2D eigenvalue weighted by Gasteiger charge is -2.26. The lowest BCUT2D eigenvalue weighted by molar-refractivity contribution is 0.0953. The van der Waals surface area contributed by atoms with E-state index >= 15 is 0 Å². The van der Waals surface area contributed by atoms with Crippen molar-refractivity contribution in [1.82, 2.24) is 5.43 Å². The third kappa shape index (κ3) is 3.80. The molecule has 132 valence electrons. The van der Waals surface area contributed by atoms with Crippen LogP contribution in [-0.4, -0.2) is 32.9 Å². The number of hydrogen-bond acceptors (Lipinski definition) is 5. The molecule has 6 heteroatoms. The van der Waals surface area contributed by atoms with Gasteiger partial charge in [0.15, 0.2) is 11.5 Å². The second-order valence-corrected chi connectivity index (χ2v) is 6.12. The molecule has 2 rings (SSSR count). The van der Waals surface area contributed by atoms with Gasteiger partial charge in [0.05, 0.1) is 21.3 Å². The Morgan fingerprint density at radius 3 is 2.04 bits per heavy atom. The van der Waals surface area contributed by atoms with Gasteiger partial charge in [0.25, 0.3) is 5.91 Å². The zero-order chi connectivity index (χ0) is 17.7. The molecule has 0 spiro atoms. The van der Waals surface area contributed by atoms with Crippen LogP contribution in [0.25, 0.3) is 0 Å². The van der Waals surface area contributed by atoms with Gasteiger partial charge < -0.3 is 14.2 Å². The number of hydrazone groups is 1. The van der Waals surface area contributed by atoms with Gasteiger partial charge in [0, 0.05) is 11.3 Å². The van der Waals surface area contributed by atoms with Crippen LogP contribution in [0.2, 0.25) is 0 Å². The zero-order valence-corrected chi connectivity index (χ0v) is 15.0. The summed E-state index contributed by atoms with van der Waals surface area (Å²) >= 11 is 0. The van der Waals surface area contributed by atoms with Gasteiger partial charge in [-0.1, -0.05) is 20.3 Å². The summed E-state index contributed by atoms with van der Waals surface area (Å²) in [5, 5.41) is 4.38. The smallest absolute Gasteiger partial charge is 0.271 e. The molecule has 0 unspecified atom stereocenters. The zero-order valence-electron chi connectivity index (χ0n) is 15.0. The van der Waals surface area contributed by atoms with E-state index in [-0.39, 0.29) is 5.91 Å². The van der Waals surface area contributed by atoms with E-state index in [1.165, 1.54) is 27.8 Å². The lowest BCUT2D eigenvalue weighted by atomic mass is 9.81. The molecule has 0 aromatic heterocycles. The number of carbonyl (C=O) groups is 1. The summed E-state index contributed by atoms with van der Waals surface area (Å²) in [4.78, 5) is 12.5. The quantitative estimate of drug-likeness (QED) is 0.839. The van der Waals surface area contributed by atoms with Crippen molar-refractivity contribution in [3.8, 4) is 17.2 Å². The topological polar surface area (TPSA) is 69.2 Å². The van der Waals surface area contributed by atoms with E-state index in [0.717, 1.165) is 18.6 Å². The van der Waals surface area contributed by atoms with Crippen molar-refractivity contribution in [1.29, 1.82) is 0 Å². The molecular weight excluding hydrogens is 308 g/mol. The number of hydrogen-bond donors (Lipinski definition) is 1. The first-order valence-electron chi connectivity index (χ1n) is 8.19. The van der Waals surface area contributed by atoms with Crippen LogP contribution < -0.4 is 19.6 Å². The van der Waals surface area contributed by atoms with Crippen molar-refractivity contribution in [2.75, 3.05) is 21.3 Å². The van der Waals surface area contributed by atoms with Crippen molar-refractivity contribution in [3.63, 3.8) is 0 Å². The normalized spacial score (nSPS) is 22.1. The van der Waals surface area contributed by atoms with Crippen molar-refractivity contribution < 1.29 is 19.0 Å². The molecule has 1 saturated carbocycles. The molecule has 1 aliphatic carbocycles. The Balaban J connectivity index is 2.23. The molecule has 0 saturated heterocycles. The average Bonchev–Trinajstić information content (AvgIpc) is 2.59. The highest BCUT2D eigenvalue weighted by molar-refractivity contribution is 5.97. The second-order valence-electron chi connectivity index (χ2n) is 6.12. The van der Waals surface area contributed by atoms with Gasteiger partial charge in [-0.05, 0) is 36.8 Å². The van der Waals surface area contributed by atoms with Crippen molar-refractivity contribution in [3.05, 3.63) is 17.7 Å². The molecule has 0 radical (unpaired) electrons. The summed E-state index contributed by atoms with van der Waals surface area (Å²) in [6.45, 7) is 4.31. The molecule has 1 aromatic carbocycles. The van der Waals surface area contributed by atoms with Crippen LogP contribution in [0.5, 0.6) is 17.2 Å². The number of benzene rings is 1. The molecule has 1 fully saturated rings. The summed E-state index contributed by atoms with van der Waals surface area (Å²) in [7, 11) is 4.56. The highest BCUT2D eigenvalue weighted by atomic mass is 16.5. The lowest BCUT2D eigenvalue weighted by Crippen LogP contribution is -2.29. The summed E-state index contributed by atoms with van der Waals surface area (Å²) in [5.41, 5.74) is 4.13. The summed E-state index contributed by atoms with van der Waals surface area (Å²) < 4.78 is 15.8. The number of nitrogens with zero attached hydrogens (tertiary/aromatic N) is 1. The summed E-state index contributed by atoms with van der Waals surface area (Å²) in [6, 6.07) is 3.23. The Morgan fingerprint density at radius 2 is 1.58 bits per heavy atom. The van der Waals surface area contributed by atoms with Crippen LogP contribution in [0.15, 0.2) is 17.2 Å². The molecule has 0 heterocycles. The van der Waals surface area contributed by atoms with Gasteiger partial charge in [0.2, 0.25) is 5.75 Å². The van der Waals surface area contributed by atoms with Crippen LogP contribution in [0.1, 0.15) is 43.5 Å². The van der Waals surface area contributed by atoms with E-state index in [2.05, 4.69) is 24.4 Å². The van der Waals surface area contributed by atoms with Crippen LogP contribution in [0.3, 0.4) is 0 Å². The van der Waals surface area contributed by atoms with E-state index in [4.69, 9.17) is 14.2 Å². The van der Waals surface area contributed by atoms with Crippen LogP contribution in [0, 0.1) is 11.8 Å². The van der Waals surface area contributed by atoms with E-state index in [0.29, 0.717) is 34.6 Å². The van der Waals surface area contributed by atoms with E-state index in [1.807, 2.05) is 0 Å². The third-order valence-electron chi connectivity index (χ3n) is 4.50. The van der Waals surface area contributed by atoms with Gasteiger partial charge >= 0.3 is 0 Å². The summed E-state index contributed by atoms with van der Waals surface area (Å²) in [6.07, 6.45) is 3.44. The maximum Gasteiger partial charge on any atom is 0.271 e.